The molecule has 1 N–H and O–H groups in total. The van der Waals surface area contributed by atoms with Gasteiger partial charge < -0.3 is 10.2 Å². The summed E-state index contributed by atoms with van der Waals surface area (Å²) in [5, 5.41) is 12.8. The lowest BCUT2D eigenvalue weighted by Crippen LogP contribution is -2.50. The number of amides is 2. The number of nitriles is 1. The van der Waals surface area contributed by atoms with E-state index in [2.05, 4.69) is 11.4 Å². The smallest absolute Gasteiger partial charge is 0.251 e. The summed E-state index contributed by atoms with van der Waals surface area (Å²) in [5.74, 6) is -0.629. The molecule has 2 amide bonds. The van der Waals surface area contributed by atoms with E-state index in [1.165, 1.54) is 12.1 Å². The summed E-state index contributed by atoms with van der Waals surface area (Å²) < 4.78 is 13.1. The van der Waals surface area contributed by atoms with Crippen LogP contribution >= 0.6 is 11.6 Å². The lowest BCUT2D eigenvalue weighted by atomic mass is 10.1. The number of piperazine rings is 1. The van der Waals surface area contributed by atoms with Crippen molar-refractivity contribution >= 4 is 23.4 Å². The minimum Gasteiger partial charge on any atom is -0.352 e. The van der Waals surface area contributed by atoms with E-state index in [-0.39, 0.29) is 30.6 Å². The van der Waals surface area contributed by atoms with Crippen LogP contribution in [0.25, 0.3) is 0 Å². The zero-order valence-corrected chi connectivity index (χ0v) is 17.1. The van der Waals surface area contributed by atoms with Gasteiger partial charge in [-0.1, -0.05) is 23.7 Å². The topological polar surface area (TPSA) is 76.4 Å². The van der Waals surface area contributed by atoms with Crippen molar-refractivity contribution in [2.24, 2.45) is 0 Å². The van der Waals surface area contributed by atoms with Gasteiger partial charge >= 0.3 is 0 Å². The predicted octanol–water partition coefficient (Wildman–Crippen LogP) is 3.01. The molecule has 1 fully saturated rings. The van der Waals surface area contributed by atoms with Gasteiger partial charge in [0.05, 0.1) is 6.07 Å². The Morgan fingerprint density at radius 1 is 1.07 bits per heavy atom. The van der Waals surface area contributed by atoms with Crippen LogP contribution in [0, 0.1) is 17.1 Å². The van der Waals surface area contributed by atoms with Crippen molar-refractivity contribution in [1.82, 2.24) is 15.1 Å². The quantitative estimate of drug-likeness (QED) is 0.767. The fourth-order valence-electron chi connectivity index (χ4n) is 3.39. The van der Waals surface area contributed by atoms with E-state index in [9.17, 15) is 19.2 Å². The predicted molar refractivity (Wildman–Crippen MR) is 111 cm³/mol. The average molecular weight is 429 g/mol. The second-order valence-electron chi connectivity index (χ2n) is 7.01. The van der Waals surface area contributed by atoms with Crippen molar-refractivity contribution in [2.45, 2.75) is 12.5 Å². The fraction of sp³-hybridized carbons (Fsp3) is 0.318. The molecule has 6 nitrogen and oxygen atoms in total. The van der Waals surface area contributed by atoms with Gasteiger partial charge in [0, 0.05) is 49.7 Å². The molecule has 1 unspecified atom stereocenters. The Bertz CT molecular complexity index is 920. The number of hydrogen-bond donors (Lipinski definition) is 1. The van der Waals surface area contributed by atoms with E-state index in [0.29, 0.717) is 36.8 Å². The Morgan fingerprint density at radius 2 is 1.70 bits per heavy atom. The molecule has 2 aromatic carbocycles. The minimum absolute atomic E-state index is 0.0404. The number of carbonyl (C=O) groups excluding carboxylic acids is 2. The largest absolute Gasteiger partial charge is 0.352 e. The number of halogens is 2. The second kappa shape index (κ2) is 10.2. The lowest BCUT2D eigenvalue weighted by molar-refractivity contribution is -0.133. The number of nitrogens with one attached hydrogen (secondary N) is 1. The zero-order chi connectivity index (χ0) is 21.5. The number of carbonyl (C=O) groups is 2. The highest BCUT2D eigenvalue weighted by molar-refractivity contribution is 6.30. The second-order valence-corrected chi connectivity index (χ2v) is 7.45. The highest BCUT2D eigenvalue weighted by atomic mass is 35.5. The maximum atomic E-state index is 13.1. The third-order valence-electron chi connectivity index (χ3n) is 5.07. The van der Waals surface area contributed by atoms with E-state index in [4.69, 9.17) is 11.6 Å². The van der Waals surface area contributed by atoms with Crippen LogP contribution in [-0.2, 0) is 4.79 Å². The minimum atomic E-state index is -0.471. The molecule has 8 heteroatoms. The van der Waals surface area contributed by atoms with Crippen molar-refractivity contribution in [1.29, 1.82) is 5.26 Å². The normalized spacial score (nSPS) is 15.3. The Labute approximate surface area is 179 Å². The van der Waals surface area contributed by atoms with E-state index in [1.807, 2.05) is 4.90 Å². The van der Waals surface area contributed by atoms with Crippen LogP contribution in [-0.4, -0.2) is 54.3 Å². The molecule has 1 saturated heterocycles. The van der Waals surface area contributed by atoms with Gasteiger partial charge in [-0.25, -0.2) is 4.39 Å². The molecule has 1 aliphatic heterocycles. The van der Waals surface area contributed by atoms with Gasteiger partial charge in [-0.3, -0.25) is 14.5 Å². The average Bonchev–Trinajstić information content (AvgIpc) is 2.76. The molecule has 156 valence electrons. The number of benzene rings is 2. The first-order valence-corrected chi connectivity index (χ1v) is 10.1. The first-order chi connectivity index (χ1) is 14.5. The molecule has 0 aliphatic carbocycles. The lowest BCUT2D eigenvalue weighted by Gasteiger charge is -2.37. The third-order valence-corrected chi connectivity index (χ3v) is 5.32. The highest BCUT2D eigenvalue weighted by Crippen LogP contribution is 2.22. The molecule has 1 atom stereocenters. The van der Waals surface area contributed by atoms with Gasteiger partial charge in [0.1, 0.15) is 11.9 Å². The van der Waals surface area contributed by atoms with Crippen LogP contribution in [0.2, 0.25) is 5.02 Å². The van der Waals surface area contributed by atoms with E-state index in [0.717, 1.165) is 5.56 Å². The standard InChI is InChI=1S/C22H22ClFN4O2/c23-18-5-1-17(2-6-18)22(30)26-10-9-21(29)28-13-11-27(12-14-28)20(15-25)16-3-7-19(24)8-4-16/h1-8,20H,9-14H2,(H,26,30). The van der Waals surface area contributed by atoms with Gasteiger partial charge in [-0.05, 0) is 42.0 Å². The summed E-state index contributed by atoms with van der Waals surface area (Å²) in [6.07, 6.45) is 0.207. The molecular weight excluding hydrogens is 407 g/mol. The van der Waals surface area contributed by atoms with E-state index < -0.39 is 6.04 Å². The summed E-state index contributed by atoms with van der Waals surface area (Å²) >= 11 is 5.81. The first kappa shape index (κ1) is 21.8. The third kappa shape index (κ3) is 5.56. The molecular formula is C22H22ClFN4O2. The van der Waals surface area contributed by atoms with Crippen molar-refractivity contribution in [3.63, 3.8) is 0 Å². The Balaban J connectivity index is 1.44. The molecule has 0 spiro atoms. The SMILES string of the molecule is N#CC(c1ccc(F)cc1)N1CCN(C(=O)CCNC(=O)c2ccc(Cl)cc2)CC1. The summed E-state index contributed by atoms with van der Waals surface area (Å²) in [5.41, 5.74) is 1.23. The molecule has 30 heavy (non-hydrogen) atoms. The molecule has 2 aromatic rings. The highest BCUT2D eigenvalue weighted by Gasteiger charge is 2.27. The van der Waals surface area contributed by atoms with Crippen LogP contribution in [0.3, 0.4) is 0 Å². The maximum absolute atomic E-state index is 13.1. The number of nitrogens with zero attached hydrogens (tertiary/aromatic N) is 3. The van der Waals surface area contributed by atoms with Crippen molar-refractivity contribution < 1.29 is 14.0 Å². The molecule has 3 rings (SSSR count). The van der Waals surface area contributed by atoms with E-state index in [1.54, 1.807) is 41.3 Å². The van der Waals surface area contributed by atoms with Gasteiger partial charge in [0.2, 0.25) is 5.91 Å². The van der Waals surface area contributed by atoms with Crippen LogP contribution in [0.1, 0.15) is 28.4 Å². The number of hydrogen-bond acceptors (Lipinski definition) is 4. The monoisotopic (exact) mass is 428 g/mol. The number of rotatable bonds is 6. The van der Waals surface area contributed by atoms with Gasteiger partial charge in [0.25, 0.3) is 5.91 Å². The van der Waals surface area contributed by atoms with Crippen molar-refractivity contribution in [3.8, 4) is 6.07 Å². The zero-order valence-electron chi connectivity index (χ0n) is 16.4. The van der Waals surface area contributed by atoms with Crippen molar-refractivity contribution in [2.75, 3.05) is 32.7 Å². The summed E-state index contributed by atoms with van der Waals surface area (Å²) in [6.45, 7) is 2.36. The van der Waals surface area contributed by atoms with Crippen LogP contribution in [0.5, 0.6) is 0 Å². The molecule has 0 saturated carbocycles. The van der Waals surface area contributed by atoms with Crippen LogP contribution in [0.4, 0.5) is 4.39 Å². The molecule has 0 radical (unpaired) electrons. The first-order valence-electron chi connectivity index (χ1n) is 9.68. The van der Waals surface area contributed by atoms with Gasteiger partial charge in [0.15, 0.2) is 0 Å². The molecule has 0 aromatic heterocycles. The Kier molecular flexibility index (Phi) is 7.39. The van der Waals surface area contributed by atoms with E-state index >= 15 is 0 Å². The van der Waals surface area contributed by atoms with Crippen molar-refractivity contribution in [3.05, 3.63) is 70.5 Å². The molecule has 1 heterocycles. The summed E-state index contributed by atoms with van der Waals surface area (Å²) in [4.78, 5) is 28.3. The summed E-state index contributed by atoms with van der Waals surface area (Å²) in [6, 6.07) is 14.3. The van der Waals surface area contributed by atoms with Crippen LogP contribution in [0.15, 0.2) is 48.5 Å². The summed E-state index contributed by atoms with van der Waals surface area (Å²) in [7, 11) is 0. The van der Waals surface area contributed by atoms with Gasteiger partial charge in [-0.2, -0.15) is 5.26 Å². The maximum Gasteiger partial charge on any atom is 0.251 e. The Morgan fingerprint density at radius 3 is 2.30 bits per heavy atom. The molecule has 1 aliphatic rings. The van der Waals surface area contributed by atoms with Gasteiger partial charge in [-0.15, -0.1) is 0 Å². The molecule has 0 bridgehead atoms. The fourth-order valence-corrected chi connectivity index (χ4v) is 3.51. The Hall–Kier alpha value is -2.95. The van der Waals surface area contributed by atoms with Crippen LogP contribution < -0.4 is 5.32 Å².